The van der Waals surface area contributed by atoms with Crippen LogP contribution in [-0.2, 0) is 0 Å². The average molecular weight is 188 g/mol. The minimum absolute atomic E-state index is 0.151. The van der Waals surface area contributed by atoms with Crippen molar-refractivity contribution in [1.82, 2.24) is 10.2 Å². The summed E-state index contributed by atoms with van der Waals surface area (Å²) < 4.78 is 0. The van der Waals surface area contributed by atoms with E-state index in [0.29, 0.717) is 0 Å². The monoisotopic (exact) mass is 188 g/mol. The van der Waals surface area contributed by atoms with E-state index in [0.717, 1.165) is 39.0 Å². The highest BCUT2D eigenvalue weighted by Crippen LogP contribution is 1.96. The van der Waals surface area contributed by atoms with Crippen LogP contribution in [0.2, 0.25) is 0 Å². The first-order valence-corrected chi connectivity index (χ1v) is 5.24. The lowest BCUT2D eigenvalue weighted by atomic mass is 10.2. The highest BCUT2D eigenvalue weighted by molar-refractivity contribution is 4.56. The van der Waals surface area contributed by atoms with Gasteiger partial charge in [0.2, 0.25) is 0 Å². The predicted octanol–water partition coefficient (Wildman–Crippen LogP) is 0.689. The number of aliphatic hydroxyl groups excluding tert-OH is 1. The van der Waals surface area contributed by atoms with Gasteiger partial charge < -0.3 is 15.3 Å². The summed E-state index contributed by atoms with van der Waals surface area (Å²) in [6.45, 7) is 8.24. The maximum atomic E-state index is 9.05. The topological polar surface area (TPSA) is 35.5 Å². The molecule has 0 bridgehead atoms. The van der Waals surface area contributed by atoms with Crippen molar-refractivity contribution < 1.29 is 5.11 Å². The fraction of sp³-hybridized carbons (Fsp3) is 1.00. The third-order valence-electron chi connectivity index (χ3n) is 2.08. The summed E-state index contributed by atoms with van der Waals surface area (Å²) in [6.07, 6.45) is 1.84. The van der Waals surface area contributed by atoms with Gasteiger partial charge >= 0.3 is 0 Å². The molecule has 0 fully saturated rings. The van der Waals surface area contributed by atoms with Crippen LogP contribution in [0, 0.1) is 0 Å². The molecule has 13 heavy (non-hydrogen) atoms. The number of hydrogen-bond donors (Lipinski definition) is 2. The van der Waals surface area contributed by atoms with Gasteiger partial charge in [0.05, 0.1) is 6.10 Å². The Morgan fingerprint density at radius 3 is 2.62 bits per heavy atom. The van der Waals surface area contributed by atoms with Gasteiger partial charge in [-0.1, -0.05) is 6.92 Å². The molecule has 1 atom stereocenters. The molecule has 3 heteroatoms. The Labute approximate surface area is 82.1 Å². The zero-order valence-corrected chi connectivity index (χ0v) is 9.21. The lowest BCUT2D eigenvalue weighted by molar-refractivity contribution is 0.174. The minimum Gasteiger partial charge on any atom is -0.393 e. The van der Waals surface area contributed by atoms with Crippen molar-refractivity contribution in [1.29, 1.82) is 0 Å². The lowest BCUT2D eigenvalue weighted by Gasteiger charge is -2.16. The molecule has 80 valence electrons. The van der Waals surface area contributed by atoms with E-state index in [1.807, 2.05) is 6.92 Å². The summed E-state index contributed by atoms with van der Waals surface area (Å²) in [5.74, 6) is 0. The third-order valence-corrected chi connectivity index (χ3v) is 2.08. The van der Waals surface area contributed by atoms with Crippen molar-refractivity contribution in [2.75, 3.05) is 33.2 Å². The molecule has 1 unspecified atom stereocenters. The van der Waals surface area contributed by atoms with Gasteiger partial charge in [0.1, 0.15) is 0 Å². The van der Waals surface area contributed by atoms with Crippen molar-refractivity contribution in [3.05, 3.63) is 0 Å². The SMILES string of the molecule is CCNCCN(C)CCCC(C)O. The number of nitrogens with zero attached hydrogens (tertiary/aromatic N) is 1. The van der Waals surface area contributed by atoms with Gasteiger partial charge in [0.15, 0.2) is 0 Å². The fourth-order valence-corrected chi connectivity index (χ4v) is 1.22. The van der Waals surface area contributed by atoms with E-state index in [1.54, 1.807) is 0 Å². The summed E-state index contributed by atoms with van der Waals surface area (Å²) in [7, 11) is 2.12. The Balaban J connectivity index is 3.15. The second-order valence-electron chi connectivity index (χ2n) is 3.65. The molecule has 0 aromatic rings. The Hall–Kier alpha value is -0.120. The molecule has 0 amide bonds. The molecule has 0 saturated heterocycles. The number of aliphatic hydroxyl groups is 1. The Morgan fingerprint density at radius 1 is 1.38 bits per heavy atom. The smallest absolute Gasteiger partial charge is 0.0512 e. The van der Waals surface area contributed by atoms with E-state index in [9.17, 15) is 0 Å². The van der Waals surface area contributed by atoms with E-state index >= 15 is 0 Å². The first-order valence-electron chi connectivity index (χ1n) is 5.24. The van der Waals surface area contributed by atoms with E-state index in [-0.39, 0.29) is 6.10 Å². The van der Waals surface area contributed by atoms with E-state index < -0.39 is 0 Å². The number of likely N-dealkylation sites (N-methyl/N-ethyl adjacent to an activating group) is 2. The van der Waals surface area contributed by atoms with E-state index in [2.05, 4.69) is 24.2 Å². The summed E-state index contributed by atoms with van der Waals surface area (Å²) in [5.41, 5.74) is 0. The third kappa shape index (κ3) is 9.80. The second-order valence-corrected chi connectivity index (χ2v) is 3.65. The van der Waals surface area contributed by atoms with E-state index in [4.69, 9.17) is 5.11 Å². The van der Waals surface area contributed by atoms with Gasteiger partial charge in [-0.15, -0.1) is 0 Å². The molecule has 0 aliphatic heterocycles. The average Bonchev–Trinajstić information content (AvgIpc) is 2.04. The Kier molecular flexibility index (Phi) is 8.40. The molecule has 0 rings (SSSR count). The standard InChI is InChI=1S/C10H24N2O/c1-4-11-7-9-12(3)8-5-6-10(2)13/h10-11,13H,4-9H2,1-3H3. The van der Waals surface area contributed by atoms with Crippen LogP contribution in [0.5, 0.6) is 0 Å². The van der Waals surface area contributed by atoms with Gasteiger partial charge in [-0.05, 0) is 39.9 Å². The summed E-state index contributed by atoms with van der Waals surface area (Å²) >= 11 is 0. The largest absolute Gasteiger partial charge is 0.393 e. The van der Waals surface area contributed by atoms with Crippen LogP contribution in [0.3, 0.4) is 0 Å². The van der Waals surface area contributed by atoms with Crippen LogP contribution in [0.1, 0.15) is 26.7 Å². The fourth-order valence-electron chi connectivity index (χ4n) is 1.22. The first-order chi connectivity index (χ1) is 6.16. The summed E-state index contributed by atoms with van der Waals surface area (Å²) in [6, 6.07) is 0. The number of rotatable bonds is 8. The molecular formula is C10H24N2O. The lowest BCUT2D eigenvalue weighted by Crippen LogP contribution is -2.30. The maximum absolute atomic E-state index is 9.05. The van der Waals surface area contributed by atoms with Crippen LogP contribution in [0.25, 0.3) is 0 Å². The van der Waals surface area contributed by atoms with Gasteiger partial charge in [-0.25, -0.2) is 0 Å². The van der Waals surface area contributed by atoms with Gasteiger partial charge in [0, 0.05) is 13.1 Å². The molecule has 0 saturated carbocycles. The molecule has 0 aliphatic rings. The van der Waals surface area contributed by atoms with Gasteiger partial charge in [-0.2, -0.15) is 0 Å². The number of hydrogen-bond acceptors (Lipinski definition) is 3. The molecule has 0 aromatic carbocycles. The molecule has 0 aliphatic carbocycles. The van der Waals surface area contributed by atoms with Crippen LogP contribution in [-0.4, -0.2) is 49.3 Å². The van der Waals surface area contributed by atoms with Gasteiger partial charge in [-0.3, -0.25) is 0 Å². The first kappa shape index (κ1) is 12.9. The molecular weight excluding hydrogens is 164 g/mol. The summed E-state index contributed by atoms with van der Waals surface area (Å²) in [4.78, 5) is 2.30. The van der Waals surface area contributed by atoms with Crippen molar-refractivity contribution in [3.63, 3.8) is 0 Å². The van der Waals surface area contributed by atoms with Crippen molar-refractivity contribution in [2.24, 2.45) is 0 Å². The Morgan fingerprint density at radius 2 is 2.08 bits per heavy atom. The molecule has 0 aromatic heterocycles. The quantitative estimate of drug-likeness (QED) is 0.550. The van der Waals surface area contributed by atoms with Crippen molar-refractivity contribution in [3.8, 4) is 0 Å². The normalized spacial score (nSPS) is 13.6. The molecule has 0 heterocycles. The zero-order valence-electron chi connectivity index (χ0n) is 9.21. The summed E-state index contributed by atoms with van der Waals surface area (Å²) in [5, 5.41) is 12.3. The highest BCUT2D eigenvalue weighted by atomic mass is 16.3. The van der Waals surface area contributed by atoms with Crippen molar-refractivity contribution >= 4 is 0 Å². The minimum atomic E-state index is -0.151. The van der Waals surface area contributed by atoms with Crippen LogP contribution in [0.15, 0.2) is 0 Å². The molecule has 0 spiro atoms. The molecule has 0 radical (unpaired) electrons. The van der Waals surface area contributed by atoms with Crippen LogP contribution >= 0.6 is 0 Å². The maximum Gasteiger partial charge on any atom is 0.0512 e. The highest BCUT2D eigenvalue weighted by Gasteiger charge is 1.99. The molecule has 3 nitrogen and oxygen atoms in total. The van der Waals surface area contributed by atoms with Crippen LogP contribution < -0.4 is 5.32 Å². The van der Waals surface area contributed by atoms with Gasteiger partial charge in [0.25, 0.3) is 0 Å². The molecule has 2 N–H and O–H groups in total. The van der Waals surface area contributed by atoms with Crippen molar-refractivity contribution in [2.45, 2.75) is 32.8 Å². The van der Waals surface area contributed by atoms with Crippen LogP contribution in [0.4, 0.5) is 0 Å². The predicted molar refractivity (Wildman–Crippen MR) is 57.0 cm³/mol. The number of nitrogens with one attached hydrogen (secondary N) is 1. The zero-order chi connectivity index (χ0) is 10.1. The Bertz CT molecular complexity index is 107. The second kappa shape index (κ2) is 8.48. The van der Waals surface area contributed by atoms with E-state index in [1.165, 1.54) is 0 Å².